The molecule has 0 aliphatic carbocycles. The van der Waals surface area contributed by atoms with Gasteiger partial charge in [0.25, 0.3) is 5.91 Å². The highest BCUT2D eigenvalue weighted by Crippen LogP contribution is 2.14. The van der Waals surface area contributed by atoms with Crippen molar-refractivity contribution >= 4 is 5.91 Å². The van der Waals surface area contributed by atoms with Crippen molar-refractivity contribution in [2.45, 2.75) is 13.8 Å². The summed E-state index contributed by atoms with van der Waals surface area (Å²) in [5.41, 5.74) is 6.22. The van der Waals surface area contributed by atoms with Crippen LogP contribution in [0.15, 0.2) is 12.1 Å². The number of carbonyl (C=O) groups is 1. The number of benzene rings is 1. The molecule has 0 saturated carbocycles. The third kappa shape index (κ3) is 1.44. The van der Waals surface area contributed by atoms with E-state index in [-0.39, 0.29) is 5.56 Å². The highest BCUT2D eigenvalue weighted by Gasteiger charge is 2.10. The van der Waals surface area contributed by atoms with Crippen LogP contribution in [0.4, 0.5) is 4.39 Å². The summed E-state index contributed by atoms with van der Waals surface area (Å²) in [6, 6.07) is 3.12. The number of amides is 1. The maximum absolute atomic E-state index is 13.1. The Morgan fingerprint density at radius 3 is 2.50 bits per heavy atom. The fraction of sp³-hybridized carbons (Fsp3) is 0.222. The monoisotopic (exact) mass is 167 g/mol. The fourth-order valence-electron chi connectivity index (χ4n) is 1.13. The van der Waals surface area contributed by atoms with E-state index in [2.05, 4.69) is 0 Å². The summed E-state index contributed by atoms with van der Waals surface area (Å²) < 4.78 is 13.1. The van der Waals surface area contributed by atoms with Gasteiger partial charge in [0.15, 0.2) is 0 Å². The molecule has 12 heavy (non-hydrogen) atoms. The molecule has 0 unspecified atom stereocenters. The minimum Gasteiger partial charge on any atom is -0.366 e. The summed E-state index contributed by atoms with van der Waals surface area (Å²) in [6.45, 7) is 3.40. The smallest absolute Gasteiger partial charge is 0.251 e. The van der Waals surface area contributed by atoms with E-state index in [9.17, 15) is 9.18 Å². The van der Waals surface area contributed by atoms with Crippen molar-refractivity contribution in [2.24, 2.45) is 5.73 Å². The lowest BCUT2D eigenvalue weighted by molar-refractivity contribution is 0.0996. The average Bonchev–Trinajstić information content (AvgIpc) is 1.96. The minimum atomic E-state index is -0.723. The maximum atomic E-state index is 13.1. The topological polar surface area (TPSA) is 43.1 Å². The minimum absolute atomic E-state index is 0.0347. The summed E-state index contributed by atoms with van der Waals surface area (Å²) in [7, 11) is 0. The van der Waals surface area contributed by atoms with Crippen molar-refractivity contribution in [2.75, 3.05) is 0 Å². The Morgan fingerprint density at radius 2 is 2.00 bits per heavy atom. The molecule has 0 fully saturated rings. The van der Waals surface area contributed by atoms with Crippen LogP contribution in [0.25, 0.3) is 0 Å². The Hall–Kier alpha value is -1.38. The number of rotatable bonds is 1. The second kappa shape index (κ2) is 2.93. The van der Waals surface area contributed by atoms with Crippen LogP contribution in [0.1, 0.15) is 21.5 Å². The van der Waals surface area contributed by atoms with E-state index in [1.807, 2.05) is 0 Å². The van der Waals surface area contributed by atoms with Crippen molar-refractivity contribution < 1.29 is 9.18 Å². The molecule has 0 heterocycles. The molecule has 0 radical (unpaired) electrons. The Kier molecular flexibility index (Phi) is 2.13. The standard InChI is InChI=1S/C9H10FNO/c1-5-3-6(2)8(10)7(4-5)9(11)12/h3-4H,1-2H3,(H2,11,12). The molecule has 1 aromatic rings. The van der Waals surface area contributed by atoms with Gasteiger partial charge in [-0.1, -0.05) is 6.07 Å². The average molecular weight is 167 g/mol. The van der Waals surface area contributed by atoms with Gasteiger partial charge in [-0.05, 0) is 31.0 Å². The predicted molar refractivity (Wildman–Crippen MR) is 44.4 cm³/mol. The van der Waals surface area contributed by atoms with E-state index in [0.717, 1.165) is 5.56 Å². The zero-order chi connectivity index (χ0) is 9.30. The molecule has 2 N–H and O–H groups in total. The normalized spacial score (nSPS) is 9.92. The largest absolute Gasteiger partial charge is 0.366 e. The van der Waals surface area contributed by atoms with Crippen molar-refractivity contribution in [1.82, 2.24) is 0 Å². The molecule has 0 bridgehead atoms. The molecule has 1 rings (SSSR count). The lowest BCUT2D eigenvalue weighted by Crippen LogP contribution is -2.14. The summed E-state index contributed by atoms with van der Waals surface area (Å²) >= 11 is 0. The van der Waals surface area contributed by atoms with Gasteiger partial charge >= 0.3 is 0 Å². The Bertz CT molecular complexity index is 334. The van der Waals surface area contributed by atoms with Crippen LogP contribution in [0, 0.1) is 19.7 Å². The molecule has 64 valence electrons. The van der Waals surface area contributed by atoms with Gasteiger partial charge in [-0.3, -0.25) is 4.79 Å². The first kappa shape index (κ1) is 8.71. The molecular formula is C9H10FNO. The predicted octanol–water partition coefficient (Wildman–Crippen LogP) is 1.54. The van der Waals surface area contributed by atoms with Gasteiger partial charge in [0, 0.05) is 0 Å². The zero-order valence-corrected chi connectivity index (χ0v) is 7.02. The first-order chi connectivity index (χ1) is 5.52. The molecule has 1 aromatic carbocycles. The van der Waals surface area contributed by atoms with Gasteiger partial charge in [0.1, 0.15) is 5.82 Å². The van der Waals surface area contributed by atoms with Crippen LogP contribution in [0.5, 0.6) is 0 Å². The van der Waals surface area contributed by atoms with E-state index in [0.29, 0.717) is 5.56 Å². The van der Waals surface area contributed by atoms with Crippen LogP contribution in [0.2, 0.25) is 0 Å². The van der Waals surface area contributed by atoms with Gasteiger partial charge in [0.05, 0.1) is 5.56 Å². The SMILES string of the molecule is Cc1cc(C)c(F)c(C(N)=O)c1. The number of carbonyl (C=O) groups excluding carboxylic acids is 1. The maximum Gasteiger partial charge on any atom is 0.251 e. The second-order valence-electron chi connectivity index (χ2n) is 2.81. The second-order valence-corrected chi connectivity index (χ2v) is 2.81. The summed E-state index contributed by atoms with van der Waals surface area (Å²) in [5, 5.41) is 0. The molecule has 0 saturated heterocycles. The lowest BCUT2D eigenvalue weighted by Gasteiger charge is -2.03. The van der Waals surface area contributed by atoms with Crippen LogP contribution in [-0.2, 0) is 0 Å². The molecule has 0 aliphatic heterocycles. The number of halogens is 1. The number of hydrogen-bond acceptors (Lipinski definition) is 1. The van der Waals surface area contributed by atoms with Gasteiger partial charge in [-0.25, -0.2) is 4.39 Å². The van der Waals surface area contributed by atoms with Gasteiger partial charge < -0.3 is 5.73 Å². The van der Waals surface area contributed by atoms with E-state index in [4.69, 9.17) is 5.73 Å². The first-order valence-corrected chi connectivity index (χ1v) is 3.59. The van der Waals surface area contributed by atoms with Crippen LogP contribution in [0.3, 0.4) is 0 Å². The number of hydrogen-bond donors (Lipinski definition) is 1. The van der Waals surface area contributed by atoms with Crippen LogP contribution >= 0.6 is 0 Å². The number of primary amides is 1. The fourth-order valence-corrected chi connectivity index (χ4v) is 1.13. The zero-order valence-electron chi connectivity index (χ0n) is 7.02. The Labute approximate surface area is 70.2 Å². The highest BCUT2D eigenvalue weighted by atomic mass is 19.1. The van der Waals surface area contributed by atoms with E-state index in [1.165, 1.54) is 6.07 Å². The highest BCUT2D eigenvalue weighted by molar-refractivity contribution is 5.93. The third-order valence-electron chi connectivity index (χ3n) is 1.66. The number of aryl methyl sites for hydroxylation is 2. The molecular weight excluding hydrogens is 157 g/mol. The van der Waals surface area contributed by atoms with Gasteiger partial charge in [-0.2, -0.15) is 0 Å². The molecule has 1 amide bonds. The first-order valence-electron chi connectivity index (χ1n) is 3.59. The van der Waals surface area contributed by atoms with Crippen molar-refractivity contribution in [3.63, 3.8) is 0 Å². The van der Waals surface area contributed by atoms with Gasteiger partial charge in [-0.15, -0.1) is 0 Å². The molecule has 0 aromatic heterocycles. The third-order valence-corrected chi connectivity index (χ3v) is 1.66. The summed E-state index contributed by atoms with van der Waals surface area (Å²) in [6.07, 6.45) is 0. The summed E-state index contributed by atoms with van der Waals surface area (Å²) in [4.78, 5) is 10.7. The molecule has 0 aliphatic rings. The van der Waals surface area contributed by atoms with E-state index < -0.39 is 11.7 Å². The summed E-state index contributed by atoms with van der Waals surface area (Å²) in [5.74, 6) is -1.24. The van der Waals surface area contributed by atoms with E-state index in [1.54, 1.807) is 19.9 Å². The molecule has 3 heteroatoms. The van der Waals surface area contributed by atoms with Crippen molar-refractivity contribution in [3.05, 3.63) is 34.6 Å². The quantitative estimate of drug-likeness (QED) is 0.677. The van der Waals surface area contributed by atoms with Crippen molar-refractivity contribution in [3.8, 4) is 0 Å². The Balaban J connectivity index is 3.37. The molecule has 2 nitrogen and oxygen atoms in total. The van der Waals surface area contributed by atoms with Crippen LogP contribution < -0.4 is 5.73 Å². The lowest BCUT2D eigenvalue weighted by atomic mass is 10.1. The molecule has 0 spiro atoms. The van der Waals surface area contributed by atoms with E-state index >= 15 is 0 Å². The molecule has 0 atom stereocenters. The van der Waals surface area contributed by atoms with Crippen molar-refractivity contribution in [1.29, 1.82) is 0 Å². The van der Waals surface area contributed by atoms with Gasteiger partial charge in [0.2, 0.25) is 0 Å². The van der Waals surface area contributed by atoms with Crippen LogP contribution in [-0.4, -0.2) is 5.91 Å². The number of nitrogens with two attached hydrogens (primary N) is 1. The Morgan fingerprint density at radius 1 is 1.42 bits per heavy atom.